The molecule has 7 atom stereocenters. The van der Waals surface area contributed by atoms with Crippen molar-refractivity contribution in [2.45, 2.75) is 88.8 Å². The molecule has 7 nitrogen and oxygen atoms in total. The highest BCUT2D eigenvalue weighted by molar-refractivity contribution is 5.81. The second-order valence-electron chi connectivity index (χ2n) is 9.33. The zero-order valence-corrected chi connectivity index (χ0v) is 17.3. The zero-order valence-electron chi connectivity index (χ0n) is 17.3. The number of carbonyl (C=O) groups excluding carboxylic acids is 1. The number of hydrogen-bond donors (Lipinski definition) is 5. The third-order valence-electron chi connectivity index (χ3n) is 7.23. The van der Waals surface area contributed by atoms with Gasteiger partial charge in [-0.3, -0.25) is 20.7 Å². The first-order valence-electron chi connectivity index (χ1n) is 11.6. The maximum atomic E-state index is 12.4. The van der Waals surface area contributed by atoms with E-state index in [1.165, 1.54) is 25.8 Å². The number of ether oxygens (including phenoxy) is 1. The van der Waals surface area contributed by atoms with Gasteiger partial charge in [0.15, 0.2) is 0 Å². The minimum Gasteiger partial charge on any atom is -0.368 e. The summed E-state index contributed by atoms with van der Waals surface area (Å²) in [7, 11) is 0. The van der Waals surface area contributed by atoms with Crippen LogP contribution in [0.4, 0.5) is 0 Å². The predicted molar refractivity (Wildman–Crippen MR) is 110 cm³/mol. The molecule has 0 bridgehead atoms. The van der Waals surface area contributed by atoms with Gasteiger partial charge in [-0.1, -0.05) is 6.92 Å². The Kier molecular flexibility index (Phi) is 7.22. The lowest BCUT2D eigenvalue weighted by atomic mass is 9.82. The summed E-state index contributed by atoms with van der Waals surface area (Å²) in [5.74, 6) is 1.45. The van der Waals surface area contributed by atoms with Gasteiger partial charge >= 0.3 is 0 Å². The van der Waals surface area contributed by atoms with Crippen LogP contribution in [-0.4, -0.2) is 62.7 Å². The zero-order chi connectivity index (χ0) is 19.3. The molecule has 1 amide bonds. The Labute approximate surface area is 169 Å². The molecular weight excluding hydrogens is 354 g/mol. The lowest BCUT2D eigenvalue weighted by Crippen LogP contribution is -2.66. The van der Waals surface area contributed by atoms with Crippen LogP contribution in [0.15, 0.2) is 0 Å². The minimum atomic E-state index is -0.225. The van der Waals surface area contributed by atoms with Gasteiger partial charge in [-0.2, -0.15) is 0 Å². The van der Waals surface area contributed by atoms with Crippen LogP contribution < -0.4 is 26.6 Å². The number of piperidine rings is 1. The van der Waals surface area contributed by atoms with Crippen molar-refractivity contribution in [3.8, 4) is 0 Å². The molecule has 1 aliphatic carbocycles. The van der Waals surface area contributed by atoms with E-state index in [-0.39, 0.29) is 24.3 Å². The number of rotatable bonds is 5. The van der Waals surface area contributed by atoms with Crippen LogP contribution in [-0.2, 0) is 9.53 Å². The first-order chi connectivity index (χ1) is 13.7. The van der Waals surface area contributed by atoms with E-state index >= 15 is 0 Å². The van der Waals surface area contributed by atoms with Gasteiger partial charge in [0.2, 0.25) is 5.91 Å². The Morgan fingerprint density at radius 1 is 1.07 bits per heavy atom. The van der Waals surface area contributed by atoms with Crippen molar-refractivity contribution in [1.29, 1.82) is 0 Å². The average molecular weight is 394 g/mol. The van der Waals surface area contributed by atoms with Gasteiger partial charge in [-0.15, -0.1) is 0 Å². The molecule has 0 aromatic rings. The standard InChI is InChI=1S/C21H39N5O2/c1-14-6-7-16(24-20(27)19-5-3-11-28-19)12-18(14)26-21-23-10-8-17(25-21)15-4-2-9-22-13-15/h14-19,21-23,25-26H,2-13H2,1H3,(H,24,27). The Morgan fingerprint density at radius 2 is 2.00 bits per heavy atom. The fourth-order valence-corrected chi connectivity index (χ4v) is 5.42. The molecule has 3 aliphatic heterocycles. The molecule has 7 unspecified atom stereocenters. The summed E-state index contributed by atoms with van der Waals surface area (Å²) in [6.07, 6.45) is 8.84. The molecule has 4 aliphatic rings. The summed E-state index contributed by atoms with van der Waals surface area (Å²) in [5.41, 5.74) is 0. The maximum Gasteiger partial charge on any atom is 0.249 e. The van der Waals surface area contributed by atoms with Gasteiger partial charge < -0.3 is 15.4 Å². The molecule has 28 heavy (non-hydrogen) atoms. The largest absolute Gasteiger partial charge is 0.368 e. The molecular formula is C21H39N5O2. The van der Waals surface area contributed by atoms with E-state index < -0.39 is 0 Å². The van der Waals surface area contributed by atoms with E-state index in [2.05, 4.69) is 33.5 Å². The van der Waals surface area contributed by atoms with E-state index in [4.69, 9.17) is 4.74 Å². The van der Waals surface area contributed by atoms with Crippen molar-refractivity contribution in [3.63, 3.8) is 0 Å². The van der Waals surface area contributed by atoms with Crippen molar-refractivity contribution in [2.75, 3.05) is 26.2 Å². The van der Waals surface area contributed by atoms with Crippen LogP contribution in [0.5, 0.6) is 0 Å². The molecule has 3 saturated heterocycles. The van der Waals surface area contributed by atoms with Crippen LogP contribution in [0, 0.1) is 11.8 Å². The molecule has 4 fully saturated rings. The van der Waals surface area contributed by atoms with E-state index in [1.807, 2.05) is 0 Å². The van der Waals surface area contributed by atoms with Gasteiger partial charge in [0, 0.05) is 24.7 Å². The molecule has 4 rings (SSSR count). The second kappa shape index (κ2) is 9.85. The third kappa shape index (κ3) is 5.25. The fraction of sp³-hybridized carbons (Fsp3) is 0.952. The molecule has 7 heteroatoms. The summed E-state index contributed by atoms with van der Waals surface area (Å²) in [5, 5.41) is 18.1. The van der Waals surface area contributed by atoms with Crippen molar-refractivity contribution in [2.24, 2.45) is 11.8 Å². The quantitative estimate of drug-likeness (QED) is 0.472. The highest BCUT2D eigenvalue weighted by Gasteiger charge is 2.34. The van der Waals surface area contributed by atoms with Crippen molar-refractivity contribution in [3.05, 3.63) is 0 Å². The van der Waals surface area contributed by atoms with E-state index in [1.54, 1.807) is 0 Å². The highest BCUT2D eigenvalue weighted by atomic mass is 16.5. The lowest BCUT2D eigenvalue weighted by Gasteiger charge is -2.42. The monoisotopic (exact) mass is 393 g/mol. The molecule has 160 valence electrons. The van der Waals surface area contributed by atoms with Gasteiger partial charge in [0.1, 0.15) is 12.4 Å². The van der Waals surface area contributed by atoms with Crippen molar-refractivity contribution >= 4 is 5.91 Å². The third-order valence-corrected chi connectivity index (χ3v) is 7.23. The molecule has 0 aromatic carbocycles. The van der Waals surface area contributed by atoms with Crippen LogP contribution in [0.3, 0.4) is 0 Å². The van der Waals surface area contributed by atoms with E-state index in [9.17, 15) is 4.79 Å². The first kappa shape index (κ1) is 20.5. The first-order valence-corrected chi connectivity index (χ1v) is 11.6. The van der Waals surface area contributed by atoms with Crippen LogP contribution in [0.2, 0.25) is 0 Å². The number of hydrogen-bond acceptors (Lipinski definition) is 6. The summed E-state index contributed by atoms with van der Waals surface area (Å²) >= 11 is 0. The SMILES string of the molecule is CC1CCC(NC(=O)C2CCCO2)CC1NC1NCCC(C2CCCNC2)N1. The Morgan fingerprint density at radius 3 is 2.79 bits per heavy atom. The van der Waals surface area contributed by atoms with Crippen LogP contribution in [0.25, 0.3) is 0 Å². The van der Waals surface area contributed by atoms with Gasteiger partial charge in [-0.05, 0) is 82.8 Å². The topological polar surface area (TPSA) is 86.5 Å². The molecule has 5 N–H and O–H groups in total. The Bertz CT molecular complexity index is 507. The molecule has 0 aromatic heterocycles. The Hall–Kier alpha value is -0.730. The number of carbonyl (C=O) groups is 1. The molecule has 1 saturated carbocycles. The van der Waals surface area contributed by atoms with Gasteiger partial charge in [-0.25, -0.2) is 0 Å². The summed E-state index contributed by atoms with van der Waals surface area (Å²) in [6.45, 7) is 6.43. The average Bonchev–Trinajstić information content (AvgIpc) is 3.26. The lowest BCUT2D eigenvalue weighted by molar-refractivity contribution is -0.131. The van der Waals surface area contributed by atoms with Crippen molar-refractivity contribution < 1.29 is 9.53 Å². The Balaban J connectivity index is 1.26. The molecule has 0 radical (unpaired) electrons. The highest BCUT2D eigenvalue weighted by Crippen LogP contribution is 2.26. The minimum absolute atomic E-state index is 0.0922. The summed E-state index contributed by atoms with van der Waals surface area (Å²) in [4.78, 5) is 12.4. The summed E-state index contributed by atoms with van der Waals surface area (Å²) in [6, 6.07) is 1.25. The fourth-order valence-electron chi connectivity index (χ4n) is 5.42. The van der Waals surface area contributed by atoms with Crippen LogP contribution >= 0.6 is 0 Å². The second-order valence-corrected chi connectivity index (χ2v) is 9.33. The number of nitrogens with one attached hydrogen (secondary N) is 5. The molecule has 0 spiro atoms. The molecule has 3 heterocycles. The number of amides is 1. The van der Waals surface area contributed by atoms with E-state index in [0.717, 1.165) is 57.7 Å². The smallest absolute Gasteiger partial charge is 0.249 e. The van der Waals surface area contributed by atoms with Crippen LogP contribution in [0.1, 0.15) is 58.3 Å². The predicted octanol–water partition coefficient (Wildman–Crippen LogP) is 0.663. The maximum absolute atomic E-state index is 12.4. The van der Waals surface area contributed by atoms with Gasteiger partial charge in [0.05, 0.1) is 0 Å². The normalized spacial score (nSPS) is 42.2. The summed E-state index contributed by atoms with van der Waals surface area (Å²) < 4.78 is 5.54. The van der Waals surface area contributed by atoms with Crippen molar-refractivity contribution in [1.82, 2.24) is 26.6 Å². The van der Waals surface area contributed by atoms with Gasteiger partial charge in [0.25, 0.3) is 0 Å². The van der Waals surface area contributed by atoms with E-state index in [0.29, 0.717) is 18.0 Å².